The number of ether oxygens (including phenoxy) is 1. The Bertz CT molecular complexity index is 1120. The number of methoxy groups -OCH3 is 1. The van der Waals surface area contributed by atoms with Crippen LogP contribution in [0, 0.1) is 0 Å². The number of benzene rings is 2. The minimum Gasteiger partial charge on any atom is -0.496 e. The van der Waals surface area contributed by atoms with E-state index in [-0.39, 0.29) is 11.3 Å². The van der Waals surface area contributed by atoms with Crippen molar-refractivity contribution in [2.75, 3.05) is 7.11 Å². The Hall–Kier alpha value is -3.74. The van der Waals surface area contributed by atoms with Gasteiger partial charge in [0.2, 0.25) is 0 Å². The Balaban J connectivity index is 1.78. The summed E-state index contributed by atoms with van der Waals surface area (Å²) in [6.45, 7) is 2.17. The van der Waals surface area contributed by atoms with E-state index in [1.54, 1.807) is 44.4 Å². The first-order valence-corrected chi connectivity index (χ1v) is 8.78. The molecule has 1 N–H and O–H groups in total. The molecule has 1 heterocycles. The van der Waals surface area contributed by atoms with Crippen molar-refractivity contribution >= 4 is 29.0 Å². The number of nitrogens with zero attached hydrogens (tertiary/aromatic N) is 3. The molecule has 3 rings (SSSR count). The lowest BCUT2D eigenvalue weighted by Gasteiger charge is -2.08. The van der Waals surface area contributed by atoms with Crippen molar-refractivity contribution in [3.8, 4) is 5.75 Å². The van der Waals surface area contributed by atoms with Crippen molar-refractivity contribution in [1.82, 2.24) is 15.2 Å². The molecule has 0 saturated heterocycles. The van der Waals surface area contributed by atoms with Gasteiger partial charge in [0.1, 0.15) is 5.75 Å². The van der Waals surface area contributed by atoms with Gasteiger partial charge in [-0.2, -0.15) is 10.2 Å². The second-order valence-electron chi connectivity index (χ2n) is 5.84. The van der Waals surface area contributed by atoms with E-state index >= 15 is 0 Å². The van der Waals surface area contributed by atoms with Gasteiger partial charge in [-0.15, -0.1) is 0 Å². The second kappa shape index (κ2) is 8.77. The second-order valence-corrected chi connectivity index (χ2v) is 5.84. The Kier molecular flexibility index (Phi) is 5.96. The maximum absolute atomic E-state index is 12.5. The van der Waals surface area contributed by atoms with Crippen LogP contribution >= 0.6 is 0 Å². The highest BCUT2D eigenvalue weighted by atomic mass is 16.5. The number of hydrogen-bond donors (Lipinski definition) is 1. The Morgan fingerprint density at radius 1 is 1.18 bits per heavy atom. The van der Waals surface area contributed by atoms with E-state index in [1.807, 2.05) is 30.3 Å². The largest absolute Gasteiger partial charge is 0.496 e. The lowest BCUT2D eigenvalue weighted by molar-refractivity contribution is 0.0949. The van der Waals surface area contributed by atoms with E-state index in [2.05, 4.69) is 15.6 Å². The quantitative estimate of drug-likeness (QED) is 0.529. The number of carbonyl (C=O) groups is 1. The maximum atomic E-state index is 12.5. The van der Waals surface area contributed by atoms with E-state index in [1.165, 1.54) is 10.9 Å². The summed E-state index contributed by atoms with van der Waals surface area (Å²) in [5.41, 5.74) is 3.27. The fraction of sp³-hybridized carbons (Fsp3) is 0.143. The number of para-hydroxylation sites is 1. The molecule has 3 aromatic rings. The molecular formula is C21H20N4O3. The number of rotatable bonds is 6. The number of hydrazone groups is 1. The first-order valence-electron chi connectivity index (χ1n) is 8.78. The zero-order chi connectivity index (χ0) is 19.9. The summed E-state index contributed by atoms with van der Waals surface area (Å²) in [6, 6.07) is 14.5. The smallest absolute Gasteiger partial charge is 0.292 e. The highest BCUT2D eigenvalue weighted by Crippen LogP contribution is 2.18. The van der Waals surface area contributed by atoms with Crippen molar-refractivity contribution in [2.24, 2.45) is 5.10 Å². The average Bonchev–Trinajstić information content (AvgIpc) is 2.74. The van der Waals surface area contributed by atoms with Gasteiger partial charge in [-0.1, -0.05) is 36.4 Å². The molecule has 28 heavy (non-hydrogen) atoms. The molecule has 7 nitrogen and oxygen atoms in total. The molecule has 0 aliphatic heterocycles. The van der Waals surface area contributed by atoms with E-state index in [0.717, 1.165) is 11.3 Å². The van der Waals surface area contributed by atoms with Crippen LogP contribution in [0.2, 0.25) is 0 Å². The van der Waals surface area contributed by atoms with Crippen LogP contribution in [0.15, 0.2) is 64.5 Å². The average molecular weight is 376 g/mol. The van der Waals surface area contributed by atoms with Gasteiger partial charge in [0.25, 0.3) is 11.5 Å². The van der Waals surface area contributed by atoms with Crippen LogP contribution in [0.25, 0.3) is 16.8 Å². The summed E-state index contributed by atoms with van der Waals surface area (Å²) in [5, 5.41) is 9.04. The van der Waals surface area contributed by atoms with Crippen LogP contribution in [-0.2, 0) is 6.54 Å². The van der Waals surface area contributed by atoms with Crippen LogP contribution < -0.4 is 15.7 Å². The molecule has 0 spiro atoms. The van der Waals surface area contributed by atoms with E-state index in [9.17, 15) is 9.59 Å². The zero-order valence-electron chi connectivity index (χ0n) is 15.6. The Labute approximate surface area is 162 Å². The Morgan fingerprint density at radius 2 is 1.89 bits per heavy atom. The molecule has 0 saturated carbocycles. The lowest BCUT2D eigenvalue weighted by atomic mass is 10.1. The van der Waals surface area contributed by atoms with Crippen LogP contribution in [0.5, 0.6) is 5.75 Å². The molecule has 0 atom stereocenters. The predicted octanol–water partition coefficient (Wildman–Crippen LogP) is 2.85. The van der Waals surface area contributed by atoms with Gasteiger partial charge in [-0.05, 0) is 31.2 Å². The van der Waals surface area contributed by atoms with Crippen LogP contribution in [0.3, 0.4) is 0 Å². The molecule has 0 unspecified atom stereocenters. The molecule has 142 valence electrons. The number of aryl methyl sites for hydroxylation is 1. The van der Waals surface area contributed by atoms with Gasteiger partial charge < -0.3 is 4.74 Å². The Morgan fingerprint density at radius 3 is 2.64 bits per heavy atom. The SMILES string of the molecule is CCn1nc(C(=O)N/N=C/C=C/c2ccccc2OC)c2ccccc2c1=O. The van der Waals surface area contributed by atoms with Gasteiger partial charge in [0.15, 0.2) is 5.69 Å². The third kappa shape index (κ3) is 3.98. The highest BCUT2D eigenvalue weighted by molar-refractivity contribution is 6.04. The van der Waals surface area contributed by atoms with Crippen LogP contribution in [0.4, 0.5) is 0 Å². The van der Waals surface area contributed by atoms with Gasteiger partial charge >= 0.3 is 0 Å². The summed E-state index contributed by atoms with van der Waals surface area (Å²) in [4.78, 5) is 24.9. The third-order valence-corrected chi connectivity index (χ3v) is 4.12. The standard InChI is InChI=1S/C21H20N4O3/c1-3-25-21(27)17-12-6-5-11-16(17)19(24-25)20(26)23-22-14-8-10-15-9-4-7-13-18(15)28-2/h4-14H,3H2,1-2H3,(H,23,26)/b10-8+,22-14+. The van der Waals surface area contributed by atoms with Crippen molar-refractivity contribution in [3.63, 3.8) is 0 Å². The number of allylic oxidation sites excluding steroid dienone is 1. The summed E-state index contributed by atoms with van der Waals surface area (Å²) < 4.78 is 6.54. The van der Waals surface area contributed by atoms with E-state index in [0.29, 0.717) is 17.3 Å². The molecule has 1 amide bonds. The molecular weight excluding hydrogens is 356 g/mol. The summed E-state index contributed by atoms with van der Waals surface area (Å²) in [7, 11) is 1.61. The molecule has 7 heteroatoms. The fourth-order valence-corrected chi connectivity index (χ4v) is 2.76. The molecule has 2 aromatic carbocycles. The van der Waals surface area contributed by atoms with Crippen molar-refractivity contribution in [3.05, 3.63) is 76.2 Å². The first kappa shape index (κ1) is 19.0. The molecule has 0 aliphatic rings. The van der Waals surface area contributed by atoms with Gasteiger partial charge in [0, 0.05) is 23.7 Å². The van der Waals surface area contributed by atoms with Gasteiger partial charge in [-0.3, -0.25) is 9.59 Å². The monoisotopic (exact) mass is 376 g/mol. The summed E-state index contributed by atoms with van der Waals surface area (Å²) >= 11 is 0. The number of amides is 1. The van der Waals surface area contributed by atoms with Crippen molar-refractivity contribution < 1.29 is 9.53 Å². The molecule has 0 aliphatic carbocycles. The summed E-state index contributed by atoms with van der Waals surface area (Å²) in [6.07, 6.45) is 4.97. The molecule has 0 bridgehead atoms. The molecule has 0 radical (unpaired) electrons. The number of aromatic nitrogens is 2. The van der Waals surface area contributed by atoms with E-state index in [4.69, 9.17) is 4.74 Å². The normalized spacial score (nSPS) is 11.4. The highest BCUT2D eigenvalue weighted by Gasteiger charge is 2.15. The zero-order valence-corrected chi connectivity index (χ0v) is 15.6. The molecule has 1 aromatic heterocycles. The number of fused-ring (bicyclic) bond motifs is 1. The maximum Gasteiger partial charge on any atom is 0.292 e. The van der Waals surface area contributed by atoms with Crippen LogP contribution in [-0.4, -0.2) is 29.0 Å². The number of nitrogens with one attached hydrogen (secondary N) is 1. The predicted molar refractivity (Wildman–Crippen MR) is 110 cm³/mol. The first-order chi connectivity index (χ1) is 13.7. The minimum absolute atomic E-state index is 0.155. The summed E-state index contributed by atoms with van der Waals surface area (Å²) in [5.74, 6) is 0.258. The topological polar surface area (TPSA) is 85.6 Å². The number of hydrogen-bond acceptors (Lipinski definition) is 5. The number of carbonyl (C=O) groups excluding carboxylic acids is 1. The van der Waals surface area contributed by atoms with Crippen molar-refractivity contribution in [1.29, 1.82) is 0 Å². The van der Waals surface area contributed by atoms with Gasteiger partial charge in [-0.25, -0.2) is 10.1 Å². The van der Waals surface area contributed by atoms with Gasteiger partial charge in [0.05, 0.1) is 12.5 Å². The third-order valence-electron chi connectivity index (χ3n) is 4.12. The minimum atomic E-state index is -0.486. The van der Waals surface area contributed by atoms with E-state index < -0.39 is 5.91 Å². The lowest BCUT2D eigenvalue weighted by Crippen LogP contribution is -2.28. The van der Waals surface area contributed by atoms with Crippen LogP contribution in [0.1, 0.15) is 23.0 Å². The van der Waals surface area contributed by atoms with Crippen molar-refractivity contribution in [2.45, 2.75) is 13.5 Å². The fourth-order valence-electron chi connectivity index (χ4n) is 2.76. The molecule has 0 fully saturated rings.